The number of aliphatic hydroxyl groups excluding tert-OH is 6. The highest BCUT2D eigenvalue weighted by molar-refractivity contribution is 5.85. The third-order valence-electron chi connectivity index (χ3n) is 18.3. The first kappa shape index (κ1) is 51.0. The maximum Gasteiger partial charge on any atom is 0.331 e. The van der Waals surface area contributed by atoms with Crippen LogP contribution < -0.4 is 0 Å². The fourth-order valence-electron chi connectivity index (χ4n) is 14.6. The maximum atomic E-state index is 12.6. The van der Waals surface area contributed by atoms with Crippen LogP contribution in [0.4, 0.5) is 0 Å². The SMILES string of the molecule is CC(=O)O[C@@H]1C[C@H](O[C@@H]2[C@H](O)C[C@@H](O[C@@H]3[C@H](O)C[C@@H](O[C@@H]4CC[C@@]5(C)[C@H](CC[C@H]6[C@@H]5CC[C@]5(C)[C@@H](C7=CC(=O)OC7)CC[C@]65O)C4)O[C@@H]3C)O[C@@H]2C)O[C@H](C)[C@H]1O[C@H]1O[C@@H](CO)[C@H](O)[C@@H](O)[C@@H]1O. The first-order chi connectivity index (χ1) is 32.2. The molecule has 0 unspecified atom stereocenters. The number of hydrogen-bond donors (Lipinski definition) is 7. The molecule has 4 saturated heterocycles. The van der Waals surface area contributed by atoms with Crippen LogP contribution in [0.15, 0.2) is 11.6 Å². The fraction of sp³-hybridized carbons (Fsp3) is 0.918. The molecule has 5 aliphatic heterocycles. The van der Waals surface area contributed by atoms with Gasteiger partial charge in [-0.15, -0.1) is 0 Å². The Morgan fingerprint density at radius 1 is 0.706 bits per heavy atom. The molecule has 19 heteroatoms. The Hall–Kier alpha value is -1.92. The van der Waals surface area contributed by atoms with Gasteiger partial charge in [0.05, 0.1) is 48.8 Å². The number of carbonyl (C=O) groups is 2. The third kappa shape index (κ3) is 9.36. The molecule has 4 saturated carbocycles. The van der Waals surface area contributed by atoms with Gasteiger partial charge in [0.25, 0.3) is 0 Å². The topological polar surface area (TPSA) is 268 Å². The third-order valence-corrected chi connectivity index (χ3v) is 18.3. The zero-order chi connectivity index (χ0) is 48.6. The second-order valence-electron chi connectivity index (χ2n) is 22.1. The number of cyclic esters (lactones) is 1. The van der Waals surface area contributed by atoms with E-state index in [1.165, 1.54) is 6.92 Å². The molecule has 9 rings (SSSR count). The molecule has 25 atom stereocenters. The summed E-state index contributed by atoms with van der Waals surface area (Å²) in [5, 5.41) is 76.1. The number of hydrogen-bond acceptors (Lipinski definition) is 19. The van der Waals surface area contributed by atoms with Gasteiger partial charge in [-0.2, -0.15) is 0 Å². The average molecular weight is 969 g/mol. The van der Waals surface area contributed by atoms with E-state index in [1.807, 2.05) is 6.92 Å². The van der Waals surface area contributed by atoms with Crippen molar-refractivity contribution < 1.29 is 92.7 Å². The molecule has 0 aromatic carbocycles. The van der Waals surface area contributed by atoms with Crippen LogP contribution in [-0.2, 0) is 57.0 Å². The molecule has 0 spiro atoms. The number of carbonyl (C=O) groups excluding carboxylic acids is 2. The summed E-state index contributed by atoms with van der Waals surface area (Å²) in [5.41, 5.74) is 0.0925. The molecule has 4 aliphatic carbocycles. The van der Waals surface area contributed by atoms with Gasteiger partial charge >= 0.3 is 11.9 Å². The minimum Gasteiger partial charge on any atom is -0.459 e. The van der Waals surface area contributed by atoms with E-state index in [4.69, 9.17) is 47.4 Å². The van der Waals surface area contributed by atoms with Crippen LogP contribution >= 0.6 is 0 Å². The van der Waals surface area contributed by atoms with Crippen molar-refractivity contribution in [3.05, 3.63) is 11.6 Å². The lowest BCUT2D eigenvalue weighted by atomic mass is 9.43. The van der Waals surface area contributed by atoms with Crippen molar-refractivity contribution in [3.63, 3.8) is 0 Å². The van der Waals surface area contributed by atoms with Gasteiger partial charge in [-0.25, -0.2) is 4.79 Å². The highest BCUT2D eigenvalue weighted by atomic mass is 16.8. The molecule has 0 aromatic rings. The lowest BCUT2D eigenvalue weighted by Crippen LogP contribution is -2.62. The molecule has 68 heavy (non-hydrogen) atoms. The molecular weight excluding hydrogens is 893 g/mol. The Morgan fingerprint density at radius 3 is 1.94 bits per heavy atom. The molecule has 7 N–H and O–H groups in total. The quantitative estimate of drug-likeness (QED) is 0.115. The molecule has 19 nitrogen and oxygen atoms in total. The molecule has 386 valence electrons. The van der Waals surface area contributed by atoms with Crippen LogP contribution in [0.5, 0.6) is 0 Å². The summed E-state index contributed by atoms with van der Waals surface area (Å²) >= 11 is 0. The molecule has 5 heterocycles. The summed E-state index contributed by atoms with van der Waals surface area (Å²) in [6.45, 7) is 10.8. The molecule has 9 aliphatic rings. The first-order valence-corrected chi connectivity index (χ1v) is 25.2. The highest BCUT2D eigenvalue weighted by Crippen LogP contribution is 2.70. The van der Waals surface area contributed by atoms with E-state index >= 15 is 0 Å². The molecule has 0 radical (unpaired) electrons. The van der Waals surface area contributed by atoms with E-state index in [0.29, 0.717) is 18.4 Å². The van der Waals surface area contributed by atoms with Gasteiger partial charge in [0.2, 0.25) is 0 Å². The van der Waals surface area contributed by atoms with Crippen molar-refractivity contribution in [1.82, 2.24) is 0 Å². The number of ether oxygens (including phenoxy) is 10. The van der Waals surface area contributed by atoms with Crippen LogP contribution in [0.2, 0.25) is 0 Å². The predicted molar refractivity (Wildman–Crippen MR) is 233 cm³/mol. The highest BCUT2D eigenvalue weighted by Gasteiger charge is 2.68. The minimum absolute atomic E-state index is 0.0126. The van der Waals surface area contributed by atoms with Gasteiger partial charge < -0.3 is 83.1 Å². The summed E-state index contributed by atoms with van der Waals surface area (Å²) in [7, 11) is 0. The lowest BCUT2D eigenvalue weighted by Gasteiger charge is -2.64. The van der Waals surface area contributed by atoms with Crippen molar-refractivity contribution >= 4 is 11.9 Å². The second kappa shape index (κ2) is 19.8. The van der Waals surface area contributed by atoms with E-state index in [9.17, 15) is 45.3 Å². The Morgan fingerprint density at radius 2 is 1.34 bits per heavy atom. The van der Waals surface area contributed by atoms with Crippen molar-refractivity contribution in [2.45, 2.75) is 235 Å². The van der Waals surface area contributed by atoms with E-state index in [-0.39, 0.29) is 54.0 Å². The van der Waals surface area contributed by atoms with Crippen molar-refractivity contribution in [1.29, 1.82) is 0 Å². The van der Waals surface area contributed by atoms with Gasteiger partial charge in [0, 0.05) is 37.7 Å². The molecule has 0 bridgehead atoms. The zero-order valence-electron chi connectivity index (χ0n) is 40.2. The number of fused-ring (bicyclic) bond motifs is 5. The van der Waals surface area contributed by atoms with E-state index < -0.39 is 123 Å². The van der Waals surface area contributed by atoms with Crippen molar-refractivity contribution in [3.8, 4) is 0 Å². The normalized spacial score (nSPS) is 52.8. The maximum absolute atomic E-state index is 12.6. The van der Waals surface area contributed by atoms with Gasteiger partial charge in [-0.05, 0) is 113 Å². The lowest BCUT2D eigenvalue weighted by molar-refractivity contribution is -0.355. The van der Waals surface area contributed by atoms with Crippen molar-refractivity contribution in [2.24, 2.45) is 34.5 Å². The summed E-state index contributed by atoms with van der Waals surface area (Å²) in [5.74, 6) is 0.357. The Balaban J connectivity index is 0.746. The summed E-state index contributed by atoms with van der Waals surface area (Å²) in [6, 6.07) is 0. The summed E-state index contributed by atoms with van der Waals surface area (Å²) in [4.78, 5) is 24.2. The second-order valence-corrected chi connectivity index (χ2v) is 22.1. The van der Waals surface area contributed by atoms with Crippen LogP contribution in [0.1, 0.15) is 119 Å². The Bertz CT molecular complexity index is 1810. The molecule has 0 amide bonds. The van der Waals surface area contributed by atoms with Crippen LogP contribution in [0, 0.1) is 34.5 Å². The van der Waals surface area contributed by atoms with E-state index in [1.54, 1.807) is 19.9 Å². The molecular formula is C49H76O19. The minimum atomic E-state index is -1.68. The number of esters is 2. The number of aliphatic hydroxyl groups is 7. The molecule has 0 aromatic heterocycles. The fourth-order valence-corrected chi connectivity index (χ4v) is 14.6. The van der Waals surface area contributed by atoms with E-state index in [0.717, 1.165) is 63.4 Å². The standard InChI is InChI=1S/C49H76O19/c1-22-43(66-38-18-33(53)44(23(2)61-38)67-39-19-34(63-25(4)51)45(24(3)62-39)68-46-42(57)41(56)40(55)35(20-50)65-46)32(52)17-37(60-22)64-28-9-12-47(5)27(16-28)7-8-31-30(47)10-13-48(6)29(11-14-49(31,48)58)26-15-36(54)59-21-26/h15,22-24,27-35,37-46,50,52-53,55-58H,7-14,16-21H2,1-6H3/t22-,23-,24-,27-,28-,29-,30+,31+,32-,33-,34-,35+,37-,38-,39+,40+,41-,42+,43+,44+,45-,46-,47+,48-,49+/m1/s1. The van der Waals surface area contributed by atoms with Gasteiger partial charge in [-0.1, -0.05) is 13.8 Å². The largest absolute Gasteiger partial charge is 0.459 e. The zero-order valence-corrected chi connectivity index (χ0v) is 40.2. The van der Waals surface area contributed by atoms with Crippen molar-refractivity contribution in [2.75, 3.05) is 13.2 Å². The van der Waals surface area contributed by atoms with Crippen LogP contribution in [0.25, 0.3) is 0 Å². The van der Waals surface area contributed by atoms with Gasteiger partial charge in [0.1, 0.15) is 55.4 Å². The Kier molecular flexibility index (Phi) is 14.9. The Labute approximate surface area is 398 Å². The van der Waals surface area contributed by atoms with Gasteiger partial charge in [-0.3, -0.25) is 4.79 Å². The number of rotatable bonds is 11. The molecule has 8 fully saturated rings. The predicted octanol–water partition coefficient (Wildman–Crippen LogP) is 1.64. The van der Waals surface area contributed by atoms with E-state index in [2.05, 4.69) is 13.8 Å². The van der Waals surface area contributed by atoms with Gasteiger partial charge in [0.15, 0.2) is 25.2 Å². The average Bonchev–Trinajstić information content (AvgIpc) is 3.83. The monoisotopic (exact) mass is 968 g/mol. The van der Waals surface area contributed by atoms with Crippen LogP contribution in [0.3, 0.4) is 0 Å². The summed E-state index contributed by atoms with van der Waals surface area (Å²) < 4.78 is 60.2. The first-order valence-electron chi connectivity index (χ1n) is 25.2. The smallest absolute Gasteiger partial charge is 0.331 e. The van der Waals surface area contributed by atoms with Crippen LogP contribution in [-0.4, -0.2) is 177 Å². The summed E-state index contributed by atoms with van der Waals surface area (Å²) in [6.07, 6.45) is -7.65.